The van der Waals surface area contributed by atoms with Crippen molar-refractivity contribution in [3.05, 3.63) is 205 Å². The van der Waals surface area contributed by atoms with Crippen molar-refractivity contribution in [3.8, 4) is 44.8 Å². The molecule has 0 amide bonds. The van der Waals surface area contributed by atoms with Gasteiger partial charge in [0.05, 0.1) is 5.69 Å². The van der Waals surface area contributed by atoms with Crippen LogP contribution in [0.3, 0.4) is 0 Å². The third-order valence-electron chi connectivity index (χ3n) is 12.5. The largest absolute Gasteiger partial charge is 0.436 e. The number of rotatable bonds is 6. The van der Waals surface area contributed by atoms with E-state index in [0.717, 1.165) is 39.3 Å². The second kappa shape index (κ2) is 13.4. The zero-order valence-electron chi connectivity index (χ0n) is 33.2. The highest BCUT2D eigenvalue weighted by atomic mass is 32.1. The highest BCUT2D eigenvalue weighted by molar-refractivity contribution is 7.26. The molecule has 0 saturated heterocycles. The lowest BCUT2D eigenvalue weighted by Crippen LogP contribution is -2.16. The SMILES string of the molecule is CC1(C)c2ccccc2-c2ccc(N(c3ccc(-c4ccccc4)cc3)c3cc4c(sc5cccc(-c6ccc7nc(-c8ccccc8)oc7c6)c54)c4ccccc34)cc21. The Bertz CT molecular complexity index is 3450. The molecule has 0 radical (unpaired) electrons. The fourth-order valence-corrected chi connectivity index (χ4v) is 10.8. The van der Waals surface area contributed by atoms with Crippen molar-refractivity contribution in [2.24, 2.45) is 0 Å². The molecule has 0 atom stereocenters. The van der Waals surface area contributed by atoms with Gasteiger partial charge in [-0.25, -0.2) is 4.98 Å². The van der Waals surface area contributed by atoms with Crippen molar-refractivity contribution < 1.29 is 4.42 Å². The van der Waals surface area contributed by atoms with Gasteiger partial charge in [-0.05, 0) is 105 Å². The quantitative estimate of drug-likeness (QED) is 0.168. The summed E-state index contributed by atoms with van der Waals surface area (Å²) in [5.74, 6) is 0.633. The van der Waals surface area contributed by atoms with E-state index in [4.69, 9.17) is 9.40 Å². The monoisotopic (exact) mass is 786 g/mol. The zero-order chi connectivity index (χ0) is 40.0. The highest BCUT2D eigenvalue weighted by Gasteiger charge is 2.36. The van der Waals surface area contributed by atoms with Gasteiger partial charge in [0.2, 0.25) is 5.89 Å². The predicted octanol–water partition coefficient (Wildman–Crippen LogP) is 16.1. The van der Waals surface area contributed by atoms with E-state index in [0.29, 0.717) is 5.89 Å². The second-order valence-electron chi connectivity index (χ2n) is 16.3. The second-order valence-corrected chi connectivity index (χ2v) is 17.4. The lowest BCUT2D eigenvalue weighted by atomic mass is 9.82. The maximum Gasteiger partial charge on any atom is 0.227 e. The minimum absolute atomic E-state index is 0.137. The van der Waals surface area contributed by atoms with Crippen molar-refractivity contribution in [1.82, 2.24) is 4.98 Å². The molecule has 0 saturated carbocycles. The maximum absolute atomic E-state index is 6.39. The van der Waals surface area contributed by atoms with Crippen molar-refractivity contribution in [2.45, 2.75) is 19.3 Å². The van der Waals surface area contributed by atoms with Crippen LogP contribution in [0.2, 0.25) is 0 Å². The number of aromatic nitrogens is 1. The summed E-state index contributed by atoms with van der Waals surface area (Å²) in [5.41, 5.74) is 15.9. The first-order chi connectivity index (χ1) is 29.5. The smallest absolute Gasteiger partial charge is 0.227 e. The third kappa shape index (κ3) is 5.38. The number of anilines is 3. The summed E-state index contributed by atoms with van der Waals surface area (Å²) < 4.78 is 8.93. The van der Waals surface area contributed by atoms with Gasteiger partial charge in [0.1, 0.15) is 5.52 Å². The van der Waals surface area contributed by atoms with Crippen molar-refractivity contribution in [1.29, 1.82) is 0 Å². The van der Waals surface area contributed by atoms with Crippen molar-refractivity contribution in [2.75, 3.05) is 4.90 Å². The van der Waals surface area contributed by atoms with Gasteiger partial charge in [-0.15, -0.1) is 11.3 Å². The lowest BCUT2D eigenvalue weighted by molar-refractivity contribution is 0.620. The molecule has 4 heteroatoms. The Kier molecular flexibility index (Phi) is 7.75. The summed E-state index contributed by atoms with van der Waals surface area (Å²) in [6, 6.07) is 70.3. The topological polar surface area (TPSA) is 29.3 Å². The fourth-order valence-electron chi connectivity index (χ4n) is 9.54. The molecule has 0 aliphatic heterocycles. The Hall–Kier alpha value is -7.27. The standard InChI is InChI=1S/C56H38N2OS/c1-56(2)47-22-12-11-18-42(47)43-30-29-40(33-48(43)56)58(39-27-24-36(25-28-39)35-14-5-3-6-15-35)50-34-46-53-41(21-13-23-52(53)60-54(46)45-20-10-9-19-44(45)50)38-26-31-49-51(32-38)59-55(57-49)37-16-7-4-8-17-37/h3-34H,1-2H3. The maximum atomic E-state index is 6.39. The first kappa shape index (κ1) is 34.7. The highest BCUT2D eigenvalue weighted by Crippen LogP contribution is 2.53. The van der Waals surface area contributed by atoms with E-state index >= 15 is 0 Å². The predicted molar refractivity (Wildman–Crippen MR) is 253 cm³/mol. The van der Waals surface area contributed by atoms with E-state index < -0.39 is 0 Å². The number of hydrogen-bond donors (Lipinski definition) is 0. The summed E-state index contributed by atoms with van der Waals surface area (Å²) >= 11 is 1.87. The van der Waals surface area contributed by atoms with E-state index in [2.05, 4.69) is 183 Å². The van der Waals surface area contributed by atoms with Crippen LogP contribution < -0.4 is 4.90 Å². The molecular weight excluding hydrogens is 749 g/mol. The van der Waals surface area contributed by atoms with Crippen LogP contribution in [0, 0.1) is 0 Å². The van der Waals surface area contributed by atoms with Gasteiger partial charge in [-0.2, -0.15) is 0 Å². The van der Waals surface area contributed by atoms with E-state index in [1.54, 1.807) is 0 Å². The van der Waals surface area contributed by atoms with Gasteiger partial charge < -0.3 is 9.32 Å². The third-order valence-corrected chi connectivity index (χ3v) is 13.7. The molecule has 0 fully saturated rings. The lowest BCUT2D eigenvalue weighted by Gasteiger charge is -2.29. The zero-order valence-corrected chi connectivity index (χ0v) is 34.0. The Morgan fingerprint density at radius 2 is 1.13 bits per heavy atom. The Morgan fingerprint density at radius 3 is 1.95 bits per heavy atom. The van der Waals surface area contributed by atoms with Gasteiger partial charge >= 0.3 is 0 Å². The van der Waals surface area contributed by atoms with Gasteiger partial charge in [0.25, 0.3) is 0 Å². The molecule has 1 aliphatic rings. The summed E-state index contributed by atoms with van der Waals surface area (Å²) in [5, 5.41) is 4.94. The fraction of sp³-hybridized carbons (Fsp3) is 0.0536. The molecule has 0 unspecified atom stereocenters. The number of thiophene rings is 1. The van der Waals surface area contributed by atoms with Gasteiger partial charge in [-0.1, -0.05) is 147 Å². The molecular formula is C56H38N2OS. The number of hydrogen-bond acceptors (Lipinski definition) is 4. The normalized spacial score (nSPS) is 13.0. The van der Waals surface area contributed by atoms with Crippen LogP contribution in [0.5, 0.6) is 0 Å². The van der Waals surface area contributed by atoms with Crippen molar-refractivity contribution in [3.63, 3.8) is 0 Å². The Balaban J connectivity index is 1.09. The molecule has 11 aromatic rings. The van der Waals surface area contributed by atoms with E-state index in [1.165, 1.54) is 69.9 Å². The molecule has 0 bridgehead atoms. The number of fused-ring (bicyclic) bond motifs is 9. The molecule has 2 heterocycles. The summed E-state index contributed by atoms with van der Waals surface area (Å²) in [4.78, 5) is 7.32. The molecule has 12 rings (SSSR count). The van der Waals surface area contributed by atoms with E-state index in [-0.39, 0.29) is 5.41 Å². The van der Waals surface area contributed by atoms with Crippen LogP contribution in [-0.2, 0) is 5.41 Å². The Labute approximate surface area is 352 Å². The minimum Gasteiger partial charge on any atom is -0.436 e. The number of benzene rings is 9. The van der Waals surface area contributed by atoms with Crippen LogP contribution in [0.15, 0.2) is 199 Å². The summed E-state index contributed by atoms with van der Waals surface area (Å²) in [7, 11) is 0. The average molecular weight is 787 g/mol. The van der Waals surface area contributed by atoms with Crippen LogP contribution in [0.1, 0.15) is 25.0 Å². The van der Waals surface area contributed by atoms with E-state index in [9.17, 15) is 0 Å². The van der Waals surface area contributed by atoms with Crippen LogP contribution in [0.4, 0.5) is 17.1 Å². The molecule has 2 aromatic heterocycles. The molecule has 0 spiro atoms. The van der Waals surface area contributed by atoms with Crippen LogP contribution in [-0.4, -0.2) is 4.98 Å². The molecule has 1 aliphatic carbocycles. The summed E-state index contributed by atoms with van der Waals surface area (Å²) in [6.45, 7) is 4.72. The average Bonchev–Trinajstić information content (AvgIpc) is 3.98. The van der Waals surface area contributed by atoms with Gasteiger partial charge in [0, 0.05) is 53.3 Å². The Morgan fingerprint density at radius 1 is 0.483 bits per heavy atom. The molecule has 3 nitrogen and oxygen atoms in total. The van der Waals surface area contributed by atoms with Crippen LogP contribution >= 0.6 is 11.3 Å². The molecule has 9 aromatic carbocycles. The number of nitrogens with zero attached hydrogens (tertiary/aromatic N) is 2. The first-order valence-electron chi connectivity index (χ1n) is 20.5. The molecule has 0 N–H and O–H groups in total. The number of oxazole rings is 1. The minimum atomic E-state index is -0.137. The first-order valence-corrected chi connectivity index (χ1v) is 21.3. The van der Waals surface area contributed by atoms with Gasteiger partial charge in [-0.3, -0.25) is 0 Å². The molecule has 284 valence electrons. The molecule has 60 heavy (non-hydrogen) atoms. The van der Waals surface area contributed by atoms with Crippen molar-refractivity contribution >= 4 is 70.4 Å². The van der Waals surface area contributed by atoms with E-state index in [1.807, 2.05) is 41.7 Å². The van der Waals surface area contributed by atoms with Gasteiger partial charge in [0.15, 0.2) is 5.58 Å². The van der Waals surface area contributed by atoms with Crippen LogP contribution in [0.25, 0.3) is 86.9 Å². The summed E-state index contributed by atoms with van der Waals surface area (Å²) in [6.07, 6.45) is 0.